The van der Waals surface area contributed by atoms with E-state index in [2.05, 4.69) is 43.0 Å². The van der Waals surface area contributed by atoms with Crippen molar-refractivity contribution in [3.05, 3.63) is 18.5 Å². The van der Waals surface area contributed by atoms with Gasteiger partial charge in [-0.05, 0) is 12.8 Å². The van der Waals surface area contributed by atoms with Gasteiger partial charge in [-0.1, -0.05) is 25.6 Å². The molecule has 0 unspecified atom stereocenters. The summed E-state index contributed by atoms with van der Waals surface area (Å²) < 4.78 is 1.67. The van der Waals surface area contributed by atoms with E-state index >= 15 is 0 Å². The molecule has 0 aliphatic heterocycles. The van der Waals surface area contributed by atoms with Gasteiger partial charge in [0.05, 0.1) is 11.9 Å². The lowest BCUT2D eigenvalue weighted by atomic mass is 10.1. The molecule has 4 nitrogen and oxygen atoms in total. The zero-order chi connectivity index (χ0) is 10.7. The predicted molar refractivity (Wildman–Crippen MR) is 57.5 cm³/mol. The Bertz CT molecular complexity index is 314. The van der Waals surface area contributed by atoms with Crippen LogP contribution >= 0.6 is 0 Å². The molecule has 1 rings (SSSR count). The highest BCUT2D eigenvalue weighted by Crippen LogP contribution is 2.08. The van der Waals surface area contributed by atoms with Crippen LogP contribution < -0.4 is 5.32 Å². The van der Waals surface area contributed by atoms with E-state index in [-0.39, 0.29) is 0 Å². The second-order valence-corrected chi connectivity index (χ2v) is 3.93. The summed E-state index contributed by atoms with van der Waals surface area (Å²) in [5, 5.41) is 11.1. The molecule has 1 aromatic rings. The molecular formula is C10H18N4. The van der Waals surface area contributed by atoms with E-state index in [9.17, 15) is 0 Å². The first kappa shape index (κ1) is 10.8. The van der Waals surface area contributed by atoms with Crippen molar-refractivity contribution in [3.8, 4) is 0 Å². The standard InChI is InChI=1S/C10H18N4/c1-7(2)8(3)11-9(4)10-6-14(5)13-12-10/h6-8,11H,4H2,1-3,5H3/t8-/m1/s1. The van der Waals surface area contributed by atoms with E-state index in [1.807, 2.05) is 13.2 Å². The van der Waals surface area contributed by atoms with Crippen LogP contribution in [-0.4, -0.2) is 21.0 Å². The molecule has 0 fully saturated rings. The van der Waals surface area contributed by atoms with E-state index in [1.165, 1.54) is 0 Å². The van der Waals surface area contributed by atoms with E-state index in [0.29, 0.717) is 12.0 Å². The zero-order valence-electron chi connectivity index (χ0n) is 9.28. The van der Waals surface area contributed by atoms with E-state index < -0.39 is 0 Å². The Morgan fingerprint density at radius 3 is 2.57 bits per heavy atom. The largest absolute Gasteiger partial charge is 0.381 e. The lowest BCUT2D eigenvalue weighted by Crippen LogP contribution is -2.29. The summed E-state index contributed by atoms with van der Waals surface area (Å²) in [4.78, 5) is 0. The average molecular weight is 194 g/mol. The normalized spacial score (nSPS) is 12.9. The number of nitrogens with zero attached hydrogens (tertiary/aromatic N) is 3. The summed E-state index contributed by atoms with van der Waals surface area (Å²) in [6.07, 6.45) is 1.85. The fourth-order valence-electron chi connectivity index (χ4n) is 1.00. The Balaban J connectivity index is 2.59. The van der Waals surface area contributed by atoms with Crippen LogP contribution in [-0.2, 0) is 7.05 Å². The smallest absolute Gasteiger partial charge is 0.128 e. The molecule has 0 aliphatic carbocycles. The molecule has 1 aromatic heterocycles. The molecule has 1 N–H and O–H groups in total. The molecule has 0 aliphatic rings. The van der Waals surface area contributed by atoms with Crippen molar-refractivity contribution < 1.29 is 0 Å². The minimum atomic E-state index is 0.393. The maximum atomic E-state index is 3.98. The maximum Gasteiger partial charge on any atom is 0.128 e. The van der Waals surface area contributed by atoms with Gasteiger partial charge < -0.3 is 5.32 Å². The van der Waals surface area contributed by atoms with E-state index in [4.69, 9.17) is 0 Å². The van der Waals surface area contributed by atoms with Crippen LogP contribution in [0.4, 0.5) is 0 Å². The van der Waals surface area contributed by atoms with Crippen molar-refractivity contribution in [1.82, 2.24) is 20.3 Å². The monoisotopic (exact) mass is 194 g/mol. The van der Waals surface area contributed by atoms with Crippen LogP contribution in [0.2, 0.25) is 0 Å². The molecule has 1 heterocycles. The van der Waals surface area contributed by atoms with Crippen molar-refractivity contribution in [2.45, 2.75) is 26.8 Å². The first-order valence-electron chi connectivity index (χ1n) is 4.83. The second kappa shape index (κ2) is 4.26. The molecule has 4 heteroatoms. The van der Waals surface area contributed by atoms with Gasteiger partial charge in [0.2, 0.25) is 0 Å². The first-order valence-corrected chi connectivity index (χ1v) is 4.83. The van der Waals surface area contributed by atoms with Gasteiger partial charge in [-0.15, -0.1) is 5.10 Å². The topological polar surface area (TPSA) is 42.7 Å². The van der Waals surface area contributed by atoms with Crippen molar-refractivity contribution in [3.63, 3.8) is 0 Å². The Labute approximate surface area is 85.0 Å². The Hall–Kier alpha value is -1.32. The third-order valence-electron chi connectivity index (χ3n) is 2.31. The average Bonchev–Trinajstić information content (AvgIpc) is 2.51. The molecule has 0 aromatic carbocycles. The van der Waals surface area contributed by atoms with E-state index in [1.54, 1.807) is 4.68 Å². The number of aryl methyl sites for hydroxylation is 1. The fraction of sp³-hybridized carbons (Fsp3) is 0.600. The molecule has 0 radical (unpaired) electrons. The van der Waals surface area contributed by atoms with Crippen molar-refractivity contribution in [2.75, 3.05) is 0 Å². The van der Waals surface area contributed by atoms with Crippen LogP contribution in [0.5, 0.6) is 0 Å². The van der Waals surface area contributed by atoms with Crippen LogP contribution in [0.1, 0.15) is 26.5 Å². The summed E-state index contributed by atoms with van der Waals surface area (Å²) >= 11 is 0. The van der Waals surface area contributed by atoms with Crippen molar-refractivity contribution in [2.24, 2.45) is 13.0 Å². The number of hydrogen-bond donors (Lipinski definition) is 1. The van der Waals surface area contributed by atoms with Gasteiger partial charge in [0.1, 0.15) is 5.69 Å². The van der Waals surface area contributed by atoms with Crippen molar-refractivity contribution in [1.29, 1.82) is 0 Å². The lowest BCUT2D eigenvalue weighted by Gasteiger charge is -2.19. The molecular weight excluding hydrogens is 176 g/mol. The lowest BCUT2D eigenvalue weighted by molar-refractivity contribution is 0.480. The highest BCUT2D eigenvalue weighted by Gasteiger charge is 2.09. The van der Waals surface area contributed by atoms with Crippen LogP contribution in [0.15, 0.2) is 12.8 Å². The second-order valence-electron chi connectivity index (χ2n) is 3.93. The Morgan fingerprint density at radius 2 is 2.14 bits per heavy atom. The first-order chi connectivity index (χ1) is 6.50. The molecule has 78 valence electrons. The quantitative estimate of drug-likeness (QED) is 0.788. The van der Waals surface area contributed by atoms with Crippen LogP contribution in [0.25, 0.3) is 5.70 Å². The van der Waals surface area contributed by atoms with E-state index in [0.717, 1.165) is 11.4 Å². The zero-order valence-corrected chi connectivity index (χ0v) is 9.28. The summed E-state index contributed by atoms with van der Waals surface area (Å²) in [5.74, 6) is 0.573. The number of nitrogens with one attached hydrogen (secondary N) is 1. The molecule has 0 bridgehead atoms. The summed E-state index contributed by atoms with van der Waals surface area (Å²) in [6, 6.07) is 0.393. The van der Waals surface area contributed by atoms with Gasteiger partial charge in [-0.2, -0.15) is 0 Å². The summed E-state index contributed by atoms with van der Waals surface area (Å²) in [6.45, 7) is 10.4. The highest BCUT2D eigenvalue weighted by molar-refractivity contribution is 5.57. The fourth-order valence-corrected chi connectivity index (χ4v) is 1.00. The van der Waals surface area contributed by atoms with Crippen molar-refractivity contribution >= 4 is 5.70 Å². The summed E-state index contributed by atoms with van der Waals surface area (Å²) in [7, 11) is 1.84. The van der Waals surface area contributed by atoms with Crippen LogP contribution in [0, 0.1) is 5.92 Å². The summed E-state index contributed by atoms with van der Waals surface area (Å²) in [5.41, 5.74) is 1.64. The molecule has 14 heavy (non-hydrogen) atoms. The minimum Gasteiger partial charge on any atom is -0.381 e. The van der Waals surface area contributed by atoms with Gasteiger partial charge in [0.15, 0.2) is 0 Å². The molecule has 1 atom stereocenters. The van der Waals surface area contributed by atoms with Crippen LogP contribution in [0.3, 0.4) is 0 Å². The SMILES string of the molecule is C=C(N[C@H](C)C(C)C)c1cn(C)nn1. The third-order valence-corrected chi connectivity index (χ3v) is 2.31. The highest BCUT2D eigenvalue weighted by atomic mass is 15.4. The maximum absolute atomic E-state index is 3.98. The van der Waals surface area contributed by atoms with Gasteiger partial charge in [0, 0.05) is 13.1 Å². The van der Waals surface area contributed by atoms with Gasteiger partial charge in [-0.25, -0.2) is 0 Å². The predicted octanol–water partition coefficient (Wildman–Crippen LogP) is 1.42. The number of rotatable bonds is 4. The molecule has 0 saturated heterocycles. The number of aromatic nitrogens is 3. The van der Waals surface area contributed by atoms with Gasteiger partial charge >= 0.3 is 0 Å². The van der Waals surface area contributed by atoms with Gasteiger partial charge in [-0.3, -0.25) is 4.68 Å². The third kappa shape index (κ3) is 2.58. The molecule has 0 amide bonds. The molecule has 0 spiro atoms. The van der Waals surface area contributed by atoms with Gasteiger partial charge in [0.25, 0.3) is 0 Å². The number of hydrogen-bond acceptors (Lipinski definition) is 3. The molecule has 0 saturated carbocycles. The minimum absolute atomic E-state index is 0.393. The Morgan fingerprint density at radius 1 is 1.50 bits per heavy atom. The Kier molecular flexibility index (Phi) is 3.28.